The Labute approximate surface area is 138 Å². The molecule has 0 aromatic heterocycles. The molecule has 0 bridgehead atoms. The second-order valence-corrected chi connectivity index (χ2v) is 5.54. The molecule has 3 rings (SSSR count). The van der Waals surface area contributed by atoms with E-state index in [-0.39, 0.29) is 11.8 Å². The number of carbonyl (C=O) groups is 2. The monoisotopic (exact) mass is 330 g/mol. The molecular formula is C17H15ClN2O3. The van der Waals surface area contributed by atoms with E-state index in [9.17, 15) is 9.59 Å². The van der Waals surface area contributed by atoms with Crippen molar-refractivity contribution < 1.29 is 14.3 Å². The Hall–Kier alpha value is -2.53. The van der Waals surface area contributed by atoms with Crippen molar-refractivity contribution in [1.29, 1.82) is 0 Å². The van der Waals surface area contributed by atoms with E-state index in [2.05, 4.69) is 10.6 Å². The molecular weight excluding hydrogens is 316 g/mol. The molecule has 5 nitrogen and oxygen atoms in total. The van der Waals surface area contributed by atoms with Gasteiger partial charge in [0.25, 0.3) is 5.91 Å². The molecule has 1 heterocycles. The molecule has 2 aromatic rings. The predicted molar refractivity (Wildman–Crippen MR) is 87.8 cm³/mol. The van der Waals surface area contributed by atoms with Gasteiger partial charge in [-0.25, -0.2) is 0 Å². The Morgan fingerprint density at radius 2 is 2.09 bits per heavy atom. The Morgan fingerprint density at radius 3 is 2.91 bits per heavy atom. The molecule has 2 amide bonds. The molecule has 6 heteroatoms. The number of fused-ring (bicyclic) bond motifs is 1. The molecule has 2 aromatic carbocycles. The largest absolute Gasteiger partial charge is 0.491 e. The van der Waals surface area contributed by atoms with Gasteiger partial charge in [0.1, 0.15) is 5.75 Å². The topological polar surface area (TPSA) is 67.4 Å². The average Bonchev–Trinajstić information content (AvgIpc) is 2.73. The van der Waals surface area contributed by atoms with Gasteiger partial charge in [-0.15, -0.1) is 0 Å². The number of hydrogen-bond donors (Lipinski definition) is 2. The van der Waals surface area contributed by atoms with E-state index in [1.165, 1.54) is 0 Å². The Balaban J connectivity index is 1.73. The highest BCUT2D eigenvalue weighted by atomic mass is 35.5. The number of hydrogen-bond acceptors (Lipinski definition) is 3. The van der Waals surface area contributed by atoms with Crippen molar-refractivity contribution >= 4 is 29.1 Å². The summed E-state index contributed by atoms with van der Waals surface area (Å²) in [6.07, 6.45) is 0.294. The second kappa shape index (κ2) is 6.71. The summed E-state index contributed by atoms with van der Waals surface area (Å²) < 4.78 is 5.47. The summed E-state index contributed by atoms with van der Waals surface area (Å²) >= 11 is 6.07. The highest BCUT2D eigenvalue weighted by Gasteiger charge is 2.16. The van der Waals surface area contributed by atoms with Gasteiger partial charge in [0, 0.05) is 17.1 Å². The fraction of sp³-hybridized carbons (Fsp3) is 0.176. The van der Waals surface area contributed by atoms with Crippen LogP contribution in [-0.4, -0.2) is 18.4 Å². The van der Waals surface area contributed by atoms with Gasteiger partial charge < -0.3 is 15.4 Å². The number of ether oxygens (including phenoxy) is 1. The third kappa shape index (κ3) is 3.63. The first kappa shape index (κ1) is 15.4. The number of amides is 2. The third-order valence-corrected chi connectivity index (χ3v) is 3.87. The minimum Gasteiger partial charge on any atom is -0.491 e. The van der Waals surface area contributed by atoms with Crippen LogP contribution in [0.2, 0.25) is 5.02 Å². The van der Waals surface area contributed by atoms with E-state index < -0.39 is 0 Å². The molecule has 0 unspecified atom stereocenters. The van der Waals surface area contributed by atoms with Gasteiger partial charge in [0.15, 0.2) is 0 Å². The fourth-order valence-corrected chi connectivity index (χ4v) is 2.48. The molecule has 0 saturated heterocycles. The van der Waals surface area contributed by atoms with Crippen molar-refractivity contribution in [3.8, 4) is 5.75 Å². The number of anilines is 1. The van der Waals surface area contributed by atoms with Crippen molar-refractivity contribution in [3.63, 3.8) is 0 Å². The number of nitrogens with one attached hydrogen (secondary N) is 2. The minimum absolute atomic E-state index is 0.127. The fourth-order valence-electron chi connectivity index (χ4n) is 2.28. The predicted octanol–water partition coefficient (Wildman–Crippen LogP) is 2.99. The maximum atomic E-state index is 12.3. The Bertz CT molecular complexity index is 761. The highest BCUT2D eigenvalue weighted by molar-refractivity contribution is 6.31. The molecule has 0 radical (unpaired) electrons. The lowest BCUT2D eigenvalue weighted by Crippen LogP contribution is -2.23. The van der Waals surface area contributed by atoms with Gasteiger partial charge in [-0.1, -0.05) is 29.8 Å². The smallest absolute Gasteiger partial charge is 0.251 e. The molecule has 1 aliphatic heterocycles. The summed E-state index contributed by atoms with van der Waals surface area (Å²) in [4.78, 5) is 23.8. The number of carbonyl (C=O) groups excluding carboxylic acids is 2. The van der Waals surface area contributed by atoms with E-state index in [0.717, 1.165) is 5.56 Å². The lowest BCUT2D eigenvalue weighted by Gasteiger charge is -2.10. The first-order chi connectivity index (χ1) is 11.1. The van der Waals surface area contributed by atoms with E-state index >= 15 is 0 Å². The van der Waals surface area contributed by atoms with Crippen LogP contribution in [0.25, 0.3) is 0 Å². The van der Waals surface area contributed by atoms with Crippen LogP contribution in [0.3, 0.4) is 0 Å². The molecule has 2 N–H and O–H groups in total. The van der Waals surface area contributed by atoms with Crippen molar-refractivity contribution in [2.24, 2.45) is 0 Å². The zero-order valence-corrected chi connectivity index (χ0v) is 13.0. The number of rotatable bonds is 3. The summed E-state index contributed by atoms with van der Waals surface area (Å²) in [5.41, 5.74) is 1.80. The Morgan fingerprint density at radius 1 is 1.26 bits per heavy atom. The van der Waals surface area contributed by atoms with Gasteiger partial charge in [0.2, 0.25) is 5.91 Å². The van der Waals surface area contributed by atoms with Crippen molar-refractivity contribution in [2.45, 2.75) is 13.0 Å². The molecule has 0 atom stereocenters. The van der Waals surface area contributed by atoms with Gasteiger partial charge in [0.05, 0.1) is 18.7 Å². The van der Waals surface area contributed by atoms with Crippen molar-refractivity contribution in [2.75, 3.05) is 11.9 Å². The van der Waals surface area contributed by atoms with E-state index in [0.29, 0.717) is 41.6 Å². The Kier molecular flexibility index (Phi) is 4.48. The van der Waals surface area contributed by atoms with Crippen LogP contribution < -0.4 is 15.4 Å². The number of halogens is 1. The normalized spacial score (nSPS) is 13.3. The first-order valence-corrected chi connectivity index (χ1v) is 7.59. The van der Waals surface area contributed by atoms with Crippen LogP contribution in [0.15, 0.2) is 42.5 Å². The lowest BCUT2D eigenvalue weighted by atomic mass is 10.1. The molecule has 0 saturated carbocycles. The zero-order chi connectivity index (χ0) is 16.2. The summed E-state index contributed by atoms with van der Waals surface area (Å²) in [6.45, 7) is 0.662. The summed E-state index contributed by atoms with van der Waals surface area (Å²) in [6, 6.07) is 12.3. The van der Waals surface area contributed by atoms with E-state index in [1.807, 2.05) is 18.2 Å². The van der Waals surface area contributed by atoms with Crippen molar-refractivity contribution in [3.05, 3.63) is 58.6 Å². The number of benzene rings is 2. The maximum absolute atomic E-state index is 12.3. The van der Waals surface area contributed by atoms with Gasteiger partial charge >= 0.3 is 0 Å². The zero-order valence-electron chi connectivity index (χ0n) is 12.3. The van der Waals surface area contributed by atoms with Crippen LogP contribution in [0.1, 0.15) is 22.3 Å². The average molecular weight is 331 g/mol. The van der Waals surface area contributed by atoms with Gasteiger partial charge in [-0.3, -0.25) is 9.59 Å². The molecule has 23 heavy (non-hydrogen) atoms. The van der Waals surface area contributed by atoms with Gasteiger partial charge in [-0.2, -0.15) is 0 Å². The minimum atomic E-state index is -0.244. The maximum Gasteiger partial charge on any atom is 0.251 e. The standard InChI is InChI=1S/C17H15ClN2O3/c18-13-4-2-1-3-12(13)10-19-17(22)11-5-6-15-14(9-11)20-16(21)7-8-23-15/h1-6,9H,7-8,10H2,(H,19,22)(H,20,21). The molecule has 1 aliphatic rings. The lowest BCUT2D eigenvalue weighted by molar-refractivity contribution is -0.116. The molecule has 118 valence electrons. The van der Waals surface area contributed by atoms with E-state index in [4.69, 9.17) is 16.3 Å². The van der Waals surface area contributed by atoms with Crippen LogP contribution in [-0.2, 0) is 11.3 Å². The first-order valence-electron chi connectivity index (χ1n) is 7.22. The SMILES string of the molecule is O=C1CCOc2ccc(C(=O)NCc3ccccc3Cl)cc2N1. The quantitative estimate of drug-likeness (QED) is 0.909. The van der Waals surface area contributed by atoms with Crippen LogP contribution in [0, 0.1) is 0 Å². The molecule has 0 spiro atoms. The molecule has 0 aliphatic carbocycles. The third-order valence-electron chi connectivity index (χ3n) is 3.50. The summed E-state index contributed by atoms with van der Waals surface area (Å²) in [5, 5.41) is 6.16. The van der Waals surface area contributed by atoms with Crippen LogP contribution in [0.5, 0.6) is 5.75 Å². The van der Waals surface area contributed by atoms with Gasteiger partial charge in [-0.05, 0) is 29.8 Å². The second-order valence-electron chi connectivity index (χ2n) is 5.13. The van der Waals surface area contributed by atoms with Crippen LogP contribution in [0.4, 0.5) is 5.69 Å². The summed E-state index contributed by atoms with van der Waals surface area (Å²) in [7, 11) is 0. The van der Waals surface area contributed by atoms with Crippen LogP contribution >= 0.6 is 11.6 Å². The summed E-state index contributed by atoms with van der Waals surface area (Å²) in [5.74, 6) is 0.196. The highest BCUT2D eigenvalue weighted by Crippen LogP contribution is 2.28. The van der Waals surface area contributed by atoms with E-state index in [1.54, 1.807) is 24.3 Å². The van der Waals surface area contributed by atoms with Crippen molar-refractivity contribution in [1.82, 2.24) is 5.32 Å². The molecule has 0 fully saturated rings.